The Morgan fingerprint density at radius 1 is 1.31 bits per heavy atom. The first-order valence-electron chi connectivity index (χ1n) is 9.71. The van der Waals surface area contributed by atoms with Crippen LogP contribution >= 0.6 is 0 Å². The predicted octanol–water partition coefficient (Wildman–Crippen LogP) is 5.09. The Hall–Kier alpha value is -1.33. The average Bonchev–Trinajstić information content (AvgIpc) is 2.56. The van der Waals surface area contributed by atoms with Crippen molar-refractivity contribution >= 4 is 20.0 Å². The summed E-state index contributed by atoms with van der Waals surface area (Å²) >= 11 is 0. The Kier molecular flexibility index (Phi) is 6.56. The second kappa shape index (κ2) is 8.13. The fourth-order valence-corrected chi connectivity index (χ4v) is 4.15. The zero-order valence-corrected chi connectivity index (χ0v) is 18.5. The Labute approximate surface area is 160 Å². The Morgan fingerprint density at radius 3 is 2.58 bits per heavy atom. The molecule has 0 fully saturated rings. The second-order valence-electron chi connectivity index (χ2n) is 8.77. The van der Waals surface area contributed by atoms with Gasteiger partial charge in [-0.2, -0.15) is 0 Å². The molecule has 1 aromatic carbocycles. The van der Waals surface area contributed by atoms with Crippen LogP contribution < -0.4 is 4.90 Å². The van der Waals surface area contributed by atoms with Crippen LogP contribution in [0.25, 0.3) is 0 Å². The third-order valence-electron chi connectivity index (χ3n) is 5.92. The molecule has 0 N–H and O–H groups in total. The van der Waals surface area contributed by atoms with E-state index in [0.29, 0.717) is 13.2 Å². The van der Waals surface area contributed by atoms with Gasteiger partial charge in [0, 0.05) is 37.2 Å². The first kappa shape index (κ1) is 21.0. The van der Waals surface area contributed by atoms with Gasteiger partial charge in [-0.05, 0) is 37.0 Å². The summed E-state index contributed by atoms with van der Waals surface area (Å²) in [4.78, 5) is 13.7. The van der Waals surface area contributed by atoms with Gasteiger partial charge >= 0.3 is 5.97 Å². The molecule has 0 aliphatic carbocycles. The molecule has 146 valence electrons. The molecule has 1 aliphatic rings. The van der Waals surface area contributed by atoms with E-state index in [1.165, 1.54) is 23.7 Å². The van der Waals surface area contributed by atoms with Crippen LogP contribution in [0, 0.1) is 0 Å². The molecule has 0 amide bonds. The summed E-state index contributed by atoms with van der Waals surface area (Å²) in [6.45, 7) is 18.2. The SMILES string of the molecule is CCN1CCC(COC(C)=O)c2cccc(CO[Si](C)(C)C(C)(C)C)c21. The van der Waals surface area contributed by atoms with Crippen LogP contribution in [0.4, 0.5) is 5.69 Å². The van der Waals surface area contributed by atoms with Crippen molar-refractivity contribution in [3.63, 3.8) is 0 Å². The van der Waals surface area contributed by atoms with Gasteiger partial charge in [-0.15, -0.1) is 0 Å². The summed E-state index contributed by atoms with van der Waals surface area (Å²) < 4.78 is 11.8. The van der Waals surface area contributed by atoms with Gasteiger partial charge in [0.05, 0.1) is 13.2 Å². The van der Waals surface area contributed by atoms with Crippen molar-refractivity contribution < 1.29 is 14.0 Å². The maximum Gasteiger partial charge on any atom is 0.302 e. The van der Waals surface area contributed by atoms with E-state index in [0.717, 1.165) is 19.5 Å². The van der Waals surface area contributed by atoms with Gasteiger partial charge in [-0.3, -0.25) is 4.79 Å². The van der Waals surface area contributed by atoms with E-state index in [9.17, 15) is 4.79 Å². The monoisotopic (exact) mass is 377 g/mol. The number of esters is 1. The highest BCUT2D eigenvalue weighted by molar-refractivity contribution is 6.74. The van der Waals surface area contributed by atoms with Crippen LogP contribution in [0.15, 0.2) is 18.2 Å². The lowest BCUT2D eigenvalue weighted by Gasteiger charge is -2.39. The van der Waals surface area contributed by atoms with Crippen LogP contribution in [0.5, 0.6) is 0 Å². The van der Waals surface area contributed by atoms with Crippen molar-refractivity contribution in [1.29, 1.82) is 0 Å². The van der Waals surface area contributed by atoms with E-state index < -0.39 is 8.32 Å². The number of ether oxygens (including phenoxy) is 1. The number of anilines is 1. The number of carbonyl (C=O) groups excluding carboxylic acids is 1. The third kappa shape index (κ3) is 4.68. The first-order chi connectivity index (χ1) is 12.1. The van der Waals surface area contributed by atoms with Crippen LogP contribution in [0.1, 0.15) is 58.1 Å². The number of benzene rings is 1. The maximum absolute atomic E-state index is 11.2. The summed E-state index contributed by atoms with van der Waals surface area (Å²) in [5, 5.41) is 0.199. The molecule has 1 aliphatic heterocycles. The zero-order valence-electron chi connectivity index (χ0n) is 17.5. The van der Waals surface area contributed by atoms with E-state index in [1.54, 1.807) is 0 Å². The van der Waals surface area contributed by atoms with Crippen molar-refractivity contribution in [3.05, 3.63) is 29.3 Å². The number of rotatable bonds is 6. The molecule has 2 rings (SSSR count). The van der Waals surface area contributed by atoms with E-state index in [-0.39, 0.29) is 16.9 Å². The number of nitrogens with zero attached hydrogens (tertiary/aromatic N) is 1. The highest BCUT2D eigenvalue weighted by Gasteiger charge is 2.37. The summed E-state index contributed by atoms with van der Waals surface area (Å²) in [6, 6.07) is 6.48. The van der Waals surface area contributed by atoms with Crippen molar-refractivity contribution in [2.75, 3.05) is 24.6 Å². The minimum Gasteiger partial charge on any atom is -0.465 e. The maximum atomic E-state index is 11.2. The molecule has 0 radical (unpaired) electrons. The zero-order chi connectivity index (χ0) is 19.5. The van der Waals surface area contributed by atoms with Gasteiger partial charge in [0.1, 0.15) is 0 Å². The molecular formula is C21H35NO3Si. The van der Waals surface area contributed by atoms with Crippen molar-refractivity contribution in [2.45, 2.75) is 71.7 Å². The van der Waals surface area contributed by atoms with E-state index >= 15 is 0 Å². The number of hydrogen-bond acceptors (Lipinski definition) is 4. The molecule has 0 spiro atoms. The van der Waals surface area contributed by atoms with Crippen molar-refractivity contribution in [2.24, 2.45) is 0 Å². The van der Waals surface area contributed by atoms with E-state index in [2.05, 4.69) is 63.9 Å². The van der Waals surface area contributed by atoms with Crippen LogP contribution in [-0.4, -0.2) is 34.0 Å². The molecule has 0 bridgehead atoms. The summed E-state index contributed by atoms with van der Waals surface area (Å²) in [5.74, 6) is 0.0615. The topological polar surface area (TPSA) is 38.8 Å². The normalized spacial score (nSPS) is 17.8. The fourth-order valence-electron chi connectivity index (χ4n) is 3.20. The highest BCUT2D eigenvalue weighted by Crippen LogP contribution is 2.41. The van der Waals surface area contributed by atoms with Crippen LogP contribution in [0.3, 0.4) is 0 Å². The second-order valence-corrected chi connectivity index (χ2v) is 13.6. The molecule has 26 heavy (non-hydrogen) atoms. The average molecular weight is 378 g/mol. The minimum absolute atomic E-state index is 0.199. The number of carbonyl (C=O) groups is 1. The third-order valence-corrected chi connectivity index (χ3v) is 10.4. The summed E-state index contributed by atoms with van der Waals surface area (Å²) in [5.41, 5.74) is 3.83. The molecule has 1 atom stereocenters. The summed E-state index contributed by atoms with van der Waals surface area (Å²) in [7, 11) is -1.80. The van der Waals surface area contributed by atoms with Gasteiger partial charge < -0.3 is 14.1 Å². The molecule has 0 saturated carbocycles. The van der Waals surface area contributed by atoms with Gasteiger partial charge in [-0.25, -0.2) is 0 Å². The lowest BCUT2D eigenvalue weighted by Crippen LogP contribution is -2.41. The van der Waals surface area contributed by atoms with Crippen LogP contribution in [0.2, 0.25) is 18.1 Å². The van der Waals surface area contributed by atoms with Gasteiger partial charge in [0.25, 0.3) is 0 Å². The number of fused-ring (bicyclic) bond motifs is 1. The largest absolute Gasteiger partial charge is 0.465 e. The molecule has 1 unspecified atom stereocenters. The number of hydrogen-bond donors (Lipinski definition) is 0. The van der Waals surface area contributed by atoms with Gasteiger partial charge in [0.2, 0.25) is 0 Å². The summed E-state index contributed by atoms with van der Waals surface area (Å²) in [6.07, 6.45) is 1.01. The molecule has 0 aromatic heterocycles. The first-order valence-corrected chi connectivity index (χ1v) is 12.6. The number of para-hydroxylation sites is 1. The molecule has 1 heterocycles. The Balaban J connectivity index is 2.29. The quantitative estimate of drug-likeness (QED) is 0.511. The Morgan fingerprint density at radius 2 is 2.00 bits per heavy atom. The minimum atomic E-state index is -1.80. The predicted molar refractivity (Wildman–Crippen MR) is 110 cm³/mol. The lowest BCUT2D eigenvalue weighted by molar-refractivity contribution is -0.141. The molecular weight excluding hydrogens is 342 g/mol. The fraction of sp³-hybridized carbons (Fsp3) is 0.667. The smallest absolute Gasteiger partial charge is 0.302 e. The Bertz CT molecular complexity index is 637. The molecule has 0 saturated heterocycles. The van der Waals surface area contributed by atoms with Crippen molar-refractivity contribution in [1.82, 2.24) is 0 Å². The molecule has 4 nitrogen and oxygen atoms in total. The van der Waals surface area contributed by atoms with E-state index in [1.807, 2.05) is 0 Å². The molecule has 5 heteroatoms. The van der Waals surface area contributed by atoms with Crippen LogP contribution in [-0.2, 0) is 20.6 Å². The standard InChI is InChI=1S/C21H35NO3Si/c1-8-22-13-12-17(14-24-16(2)23)19-11-9-10-18(20(19)22)15-25-26(6,7)21(3,4)5/h9-11,17H,8,12-15H2,1-7H3. The molecule has 1 aromatic rings. The highest BCUT2D eigenvalue weighted by atomic mass is 28.4. The van der Waals surface area contributed by atoms with E-state index in [4.69, 9.17) is 9.16 Å². The van der Waals surface area contributed by atoms with Gasteiger partial charge in [-0.1, -0.05) is 39.0 Å². The van der Waals surface area contributed by atoms with Crippen molar-refractivity contribution in [3.8, 4) is 0 Å². The van der Waals surface area contributed by atoms with Gasteiger partial charge in [0.15, 0.2) is 8.32 Å². The lowest BCUT2D eigenvalue weighted by atomic mass is 9.88.